The van der Waals surface area contributed by atoms with Crippen LogP contribution in [0.3, 0.4) is 0 Å². The van der Waals surface area contributed by atoms with Crippen molar-refractivity contribution in [3.63, 3.8) is 0 Å². The molecule has 1 aromatic rings. The van der Waals surface area contributed by atoms with E-state index in [1.165, 1.54) is 4.90 Å². The molecule has 0 fully saturated rings. The molecule has 3 heteroatoms. The summed E-state index contributed by atoms with van der Waals surface area (Å²) in [5, 5.41) is 0.482. The van der Waals surface area contributed by atoms with E-state index in [-0.39, 0.29) is 5.91 Å². The topological polar surface area (TPSA) is 20.3 Å². The summed E-state index contributed by atoms with van der Waals surface area (Å²) >= 11 is 1.86. The Balaban J connectivity index is 2.20. The lowest BCUT2D eigenvalue weighted by Crippen LogP contribution is -2.38. The van der Waals surface area contributed by atoms with Gasteiger partial charge in [-0.05, 0) is 18.6 Å². The third kappa shape index (κ3) is 2.83. The lowest BCUT2D eigenvalue weighted by Gasteiger charge is -2.32. The Morgan fingerprint density at radius 1 is 1.47 bits per heavy atom. The van der Waals surface area contributed by atoms with Crippen LogP contribution in [-0.4, -0.2) is 17.7 Å². The maximum Gasteiger partial charge on any atom is 0.227 e. The first-order valence-corrected chi connectivity index (χ1v) is 7.16. The van der Waals surface area contributed by atoms with E-state index >= 15 is 0 Å². The lowest BCUT2D eigenvalue weighted by atomic mass is 10.2. The molecule has 1 aliphatic rings. The molecule has 1 amide bonds. The van der Waals surface area contributed by atoms with Crippen LogP contribution in [0.2, 0.25) is 0 Å². The van der Waals surface area contributed by atoms with Crippen LogP contribution in [0, 0.1) is 0 Å². The fraction of sp³-hybridized carbons (Fsp3) is 0.500. The Hall–Kier alpha value is -0.960. The highest BCUT2D eigenvalue weighted by molar-refractivity contribution is 8.00. The Kier molecular flexibility index (Phi) is 4.11. The van der Waals surface area contributed by atoms with Gasteiger partial charge in [0.05, 0.1) is 5.69 Å². The Morgan fingerprint density at radius 3 is 3.00 bits per heavy atom. The van der Waals surface area contributed by atoms with Crippen molar-refractivity contribution >= 4 is 23.4 Å². The van der Waals surface area contributed by atoms with Gasteiger partial charge in [-0.3, -0.25) is 4.79 Å². The standard InChI is InChI=1S/C14H19NOS/c1-3-4-9-14(16)15-10-11(2)17-13-8-6-5-7-12(13)15/h5-8,11H,3-4,9-10H2,1-2H3. The monoisotopic (exact) mass is 249 g/mol. The van der Waals surface area contributed by atoms with Crippen LogP contribution in [0.15, 0.2) is 29.2 Å². The van der Waals surface area contributed by atoms with Crippen LogP contribution < -0.4 is 4.90 Å². The first-order valence-electron chi connectivity index (χ1n) is 6.28. The van der Waals surface area contributed by atoms with Crippen molar-refractivity contribution in [3.05, 3.63) is 24.3 Å². The number of rotatable bonds is 3. The molecule has 17 heavy (non-hydrogen) atoms. The lowest BCUT2D eigenvalue weighted by molar-refractivity contribution is -0.118. The molecule has 2 nitrogen and oxygen atoms in total. The number of carbonyl (C=O) groups excluding carboxylic acids is 1. The minimum Gasteiger partial charge on any atom is -0.310 e. The van der Waals surface area contributed by atoms with E-state index in [1.54, 1.807) is 0 Å². The van der Waals surface area contributed by atoms with E-state index in [0.717, 1.165) is 25.1 Å². The van der Waals surface area contributed by atoms with Crippen LogP contribution in [0.5, 0.6) is 0 Å². The molecule has 0 aromatic heterocycles. The highest BCUT2D eigenvalue weighted by atomic mass is 32.2. The van der Waals surface area contributed by atoms with Crippen molar-refractivity contribution in [2.45, 2.75) is 43.3 Å². The fourth-order valence-corrected chi connectivity index (χ4v) is 3.20. The average Bonchev–Trinajstić information content (AvgIpc) is 2.34. The Bertz CT molecular complexity index is 405. The van der Waals surface area contributed by atoms with E-state index in [4.69, 9.17) is 0 Å². The SMILES string of the molecule is CCCCC(=O)N1CC(C)Sc2ccccc21. The molecule has 0 radical (unpaired) electrons. The maximum atomic E-state index is 12.2. The van der Waals surface area contributed by atoms with E-state index in [0.29, 0.717) is 11.7 Å². The normalized spacial score (nSPS) is 18.9. The molecule has 0 N–H and O–H groups in total. The molecule has 1 aliphatic heterocycles. The van der Waals surface area contributed by atoms with Gasteiger partial charge in [-0.15, -0.1) is 11.8 Å². The minimum atomic E-state index is 0.270. The molecule has 0 bridgehead atoms. The molecule has 2 rings (SSSR count). The van der Waals surface area contributed by atoms with Crippen LogP contribution in [0.4, 0.5) is 5.69 Å². The molecular formula is C14H19NOS. The van der Waals surface area contributed by atoms with Gasteiger partial charge in [0.2, 0.25) is 5.91 Å². The van der Waals surface area contributed by atoms with Gasteiger partial charge in [0.25, 0.3) is 0 Å². The third-order valence-electron chi connectivity index (χ3n) is 2.97. The van der Waals surface area contributed by atoms with Crippen molar-refractivity contribution < 1.29 is 4.79 Å². The zero-order chi connectivity index (χ0) is 12.3. The van der Waals surface area contributed by atoms with Crippen molar-refractivity contribution in [1.29, 1.82) is 0 Å². The molecule has 1 atom stereocenters. The molecule has 1 heterocycles. The molecule has 0 aliphatic carbocycles. The minimum absolute atomic E-state index is 0.270. The molecule has 0 saturated carbocycles. The molecule has 1 unspecified atom stereocenters. The van der Waals surface area contributed by atoms with Gasteiger partial charge < -0.3 is 4.90 Å². The Morgan fingerprint density at radius 2 is 2.24 bits per heavy atom. The summed E-state index contributed by atoms with van der Waals surface area (Å²) < 4.78 is 0. The van der Waals surface area contributed by atoms with Gasteiger partial charge in [-0.1, -0.05) is 32.4 Å². The molecule has 0 saturated heterocycles. The van der Waals surface area contributed by atoms with Crippen LogP contribution in [-0.2, 0) is 4.79 Å². The average molecular weight is 249 g/mol. The van der Waals surface area contributed by atoms with Gasteiger partial charge in [0, 0.05) is 23.1 Å². The van der Waals surface area contributed by atoms with Crippen molar-refractivity contribution in [2.24, 2.45) is 0 Å². The molecule has 0 spiro atoms. The van der Waals surface area contributed by atoms with Crippen molar-refractivity contribution in [2.75, 3.05) is 11.4 Å². The predicted octanol–water partition coefficient (Wildman–Crippen LogP) is 3.70. The number of carbonyl (C=O) groups is 1. The molecule has 1 aromatic carbocycles. The summed E-state index contributed by atoms with van der Waals surface area (Å²) in [6, 6.07) is 8.21. The smallest absolute Gasteiger partial charge is 0.227 e. The largest absolute Gasteiger partial charge is 0.310 e. The summed E-state index contributed by atoms with van der Waals surface area (Å²) in [4.78, 5) is 15.4. The first-order chi connectivity index (χ1) is 8.22. The fourth-order valence-electron chi connectivity index (χ4n) is 2.09. The van der Waals surface area contributed by atoms with Crippen LogP contribution in [0.1, 0.15) is 33.1 Å². The third-order valence-corrected chi connectivity index (χ3v) is 4.12. The zero-order valence-electron chi connectivity index (χ0n) is 10.5. The highest BCUT2D eigenvalue weighted by Crippen LogP contribution is 2.38. The second kappa shape index (κ2) is 5.58. The number of hydrogen-bond acceptors (Lipinski definition) is 2. The maximum absolute atomic E-state index is 12.2. The number of para-hydroxylation sites is 1. The quantitative estimate of drug-likeness (QED) is 0.814. The van der Waals surface area contributed by atoms with E-state index in [1.807, 2.05) is 28.8 Å². The number of unbranched alkanes of at least 4 members (excludes halogenated alkanes) is 1. The first kappa shape index (κ1) is 12.5. The predicted molar refractivity (Wildman–Crippen MR) is 73.6 cm³/mol. The van der Waals surface area contributed by atoms with Gasteiger partial charge in [0.1, 0.15) is 0 Å². The second-order valence-electron chi connectivity index (χ2n) is 4.50. The number of nitrogens with zero attached hydrogens (tertiary/aromatic N) is 1. The van der Waals surface area contributed by atoms with E-state index < -0.39 is 0 Å². The summed E-state index contributed by atoms with van der Waals surface area (Å²) in [5.41, 5.74) is 1.09. The van der Waals surface area contributed by atoms with Gasteiger partial charge >= 0.3 is 0 Å². The second-order valence-corrected chi connectivity index (χ2v) is 5.98. The summed E-state index contributed by atoms with van der Waals surface area (Å²) in [7, 11) is 0. The number of thioether (sulfide) groups is 1. The summed E-state index contributed by atoms with van der Waals surface area (Å²) in [6.45, 7) is 5.14. The number of benzene rings is 1. The highest BCUT2D eigenvalue weighted by Gasteiger charge is 2.25. The van der Waals surface area contributed by atoms with Crippen molar-refractivity contribution in [1.82, 2.24) is 0 Å². The van der Waals surface area contributed by atoms with Gasteiger partial charge in [-0.25, -0.2) is 0 Å². The zero-order valence-corrected chi connectivity index (χ0v) is 11.3. The number of anilines is 1. The van der Waals surface area contributed by atoms with Gasteiger partial charge in [0.15, 0.2) is 0 Å². The summed E-state index contributed by atoms with van der Waals surface area (Å²) in [6.07, 6.45) is 2.73. The van der Waals surface area contributed by atoms with E-state index in [2.05, 4.69) is 26.0 Å². The van der Waals surface area contributed by atoms with Crippen LogP contribution >= 0.6 is 11.8 Å². The number of fused-ring (bicyclic) bond motifs is 1. The number of hydrogen-bond donors (Lipinski definition) is 0. The summed E-state index contributed by atoms with van der Waals surface area (Å²) in [5.74, 6) is 0.270. The number of amides is 1. The van der Waals surface area contributed by atoms with Crippen molar-refractivity contribution in [3.8, 4) is 0 Å². The molecular weight excluding hydrogens is 230 g/mol. The molecule has 92 valence electrons. The van der Waals surface area contributed by atoms with Gasteiger partial charge in [-0.2, -0.15) is 0 Å². The van der Waals surface area contributed by atoms with E-state index in [9.17, 15) is 4.79 Å². The van der Waals surface area contributed by atoms with Crippen LogP contribution in [0.25, 0.3) is 0 Å². The Labute approximate surface area is 107 Å².